The van der Waals surface area contributed by atoms with Crippen LogP contribution in [-0.2, 0) is 24.3 Å². The molecule has 0 radical (unpaired) electrons. The molecule has 186 valence electrons. The summed E-state index contributed by atoms with van der Waals surface area (Å²) in [7, 11) is 1.95. The number of likely N-dealkylation sites (tertiary alicyclic amines) is 1. The van der Waals surface area contributed by atoms with Crippen LogP contribution in [0.2, 0.25) is 0 Å². The van der Waals surface area contributed by atoms with E-state index in [2.05, 4.69) is 52.8 Å². The van der Waals surface area contributed by atoms with E-state index in [1.165, 1.54) is 11.1 Å². The van der Waals surface area contributed by atoms with Crippen molar-refractivity contribution in [3.63, 3.8) is 0 Å². The minimum absolute atomic E-state index is 0.255. The third-order valence-corrected chi connectivity index (χ3v) is 8.04. The first-order valence-electron chi connectivity index (χ1n) is 13.2. The first kappa shape index (κ1) is 23.9. The standard InChI is InChI=1S/C29H38N4O2/c1-3-33-25-13-6-5-12-24(25)30-27(33)22-32-18-16-29(17-19-32)15-9-8-11-23-10-4-7-14-26(23)35-21-20-31(2)28(29)34/h4-7,10,12-14H,3,8-9,11,15-22H2,1-2H3. The van der Waals surface area contributed by atoms with Crippen molar-refractivity contribution in [2.45, 2.75) is 58.5 Å². The molecule has 0 saturated carbocycles. The van der Waals surface area contributed by atoms with E-state index in [9.17, 15) is 4.79 Å². The van der Waals surface area contributed by atoms with Crippen LogP contribution >= 0.6 is 0 Å². The molecule has 0 atom stereocenters. The van der Waals surface area contributed by atoms with Crippen LogP contribution in [0.1, 0.15) is 50.4 Å². The summed E-state index contributed by atoms with van der Waals surface area (Å²) in [5.74, 6) is 2.40. The number of benzene rings is 2. The van der Waals surface area contributed by atoms with Crippen LogP contribution < -0.4 is 4.74 Å². The normalized spacial score (nSPS) is 19.7. The van der Waals surface area contributed by atoms with Gasteiger partial charge in [-0.05, 0) is 75.9 Å². The highest BCUT2D eigenvalue weighted by Crippen LogP contribution is 2.39. The number of carbonyl (C=O) groups is 1. The number of hydrogen-bond acceptors (Lipinski definition) is 4. The molecular formula is C29H38N4O2. The van der Waals surface area contributed by atoms with Crippen molar-refractivity contribution < 1.29 is 9.53 Å². The van der Waals surface area contributed by atoms with Gasteiger partial charge in [0, 0.05) is 13.6 Å². The van der Waals surface area contributed by atoms with Gasteiger partial charge in [0.2, 0.25) is 5.91 Å². The Kier molecular flexibility index (Phi) is 7.09. The van der Waals surface area contributed by atoms with Crippen LogP contribution in [0.3, 0.4) is 0 Å². The number of rotatable bonds is 3. The molecule has 0 aliphatic carbocycles. The Morgan fingerprint density at radius 1 is 0.971 bits per heavy atom. The Labute approximate surface area is 208 Å². The predicted molar refractivity (Wildman–Crippen MR) is 139 cm³/mol. The fraction of sp³-hybridized carbons (Fsp3) is 0.517. The summed E-state index contributed by atoms with van der Waals surface area (Å²) >= 11 is 0. The third kappa shape index (κ3) is 4.94. The molecule has 2 aliphatic rings. The van der Waals surface area contributed by atoms with Crippen molar-refractivity contribution in [3.8, 4) is 5.75 Å². The zero-order valence-corrected chi connectivity index (χ0v) is 21.2. The molecule has 1 aromatic heterocycles. The van der Waals surface area contributed by atoms with E-state index in [1.807, 2.05) is 24.1 Å². The van der Waals surface area contributed by atoms with Crippen molar-refractivity contribution in [1.29, 1.82) is 0 Å². The largest absolute Gasteiger partial charge is 0.491 e. The highest BCUT2D eigenvalue weighted by atomic mass is 16.5. The van der Waals surface area contributed by atoms with Gasteiger partial charge in [-0.3, -0.25) is 9.69 Å². The second-order valence-corrected chi connectivity index (χ2v) is 10.2. The van der Waals surface area contributed by atoms with Crippen LogP contribution in [0.25, 0.3) is 11.0 Å². The predicted octanol–water partition coefficient (Wildman–Crippen LogP) is 4.90. The van der Waals surface area contributed by atoms with Gasteiger partial charge in [-0.2, -0.15) is 0 Å². The summed E-state index contributed by atoms with van der Waals surface area (Å²) in [6.07, 6.45) is 5.97. The maximum atomic E-state index is 13.7. The number of aryl methyl sites for hydroxylation is 2. The van der Waals surface area contributed by atoms with E-state index in [1.54, 1.807) is 0 Å². The molecule has 6 nitrogen and oxygen atoms in total. The third-order valence-electron chi connectivity index (χ3n) is 8.04. The van der Waals surface area contributed by atoms with Crippen molar-refractivity contribution in [2.24, 2.45) is 5.41 Å². The molecule has 3 aromatic rings. The maximum absolute atomic E-state index is 13.7. The first-order valence-corrected chi connectivity index (χ1v) is 13.2. The summed E-state index contributed by atoms with van der Waals surface area (Å²) < 4.78 is 8.40. The Balaban J connectivity index is 1.28. The maximum Gasteiger partial charge on any atom is 0.228 e. The van der Waals surface area contributed by atoms with Crippen molar-refractivity contribution in [3.05, 3.63) is 59.9 Å². The molecule has 1 saturated heterocycles. The average molecular weight is 475 g/mol. The lowest BCUT2D eigenvalue weighted by atomic mass is 9.73. The summed E-state index contributed by atoms with van der Waals surface area (Å²) in [6.45, 7) is 6.98. The minimum atomic E-state index is -0.255. The molecule has 1 amide bonds. The van der Waals surface area contributed by atoms with E-state index < -0.39 is 0 Å². The Bertz CT molecular complexity index is 1160. The highest BCUT2D eigenvalue weighted by Gasteiger charge is 2.42. The molecule has 35 heavy (non-hydrogen) atoms. The number of nitrogens with zero attached hydrogens (tertiary/aromatic N) is 4. The number of fused-ring (bicyclic) bond motifs is 2. The number of ether oxygens (including phenoxy) is 1. The van der Waals surface area contributed by atoms with Gasteiger partial charge >= 0.3 is 0 Å². The SMILES string of the molecule is CCn1c(CN2CCC3(CCCCc4ccccc4OCCN(C)C3=O)CC2)nc2ccccc21. The number of piperidine rings is 1. The van der Waals surface area contributed by atoms with E-state index >= 15 is 0 Å². The Morgan fingerprint density at radius 2 is 1.74 bits per heavy atom. The second-order valence-electron chi connectivity index (χ2n) is 10.2. The second kappa shape index (κ2) is 10.4. The molecule has 2 aromatic carbocycles. The zero-order chi connectivity index (χ0) is 24.3. The van der Waals surface area contributed by atoms with Crippen molar-refractivity contribution >= 4 is 16.9 Å². The molecule has 5 rings (SSSR count). The van der Waals surface area contributed by atoms with Gasteiger partial charge in [-0.15, -0.1) is 0 Å². The van der Waals surface area contributed by atoms with Crippen molar-refractivity contribution in [2.75, 3.05) is 33.3 Å². The van der Waals surface area contributed by atoms with Crippen molar-refractivity contribution in [1.82, 2.24) is 19.4 Å². The number of likely N-dealkylation sites (N-methyl/N-ethyl adjacent to an activating group) is 1. The molecular weight excluding hydrogens is 436 g/mol. The summed E-state index contributed by atoms with van der Waals surface area (Å²) in [6, 6.07) is 16.7. The monoisotopic (exact) mass is 474 g/mol. The highest BCUT2D eigenvalue weighted by molar-refractivity contribution is 5.82. The van der Waals surface area contributed by atoms with Gasteiger partial charge in [0.15, 0.2) is 0 Å². The van der Waals surface area contributed by atoms with Crippen LogP contribution in [0.15, 0.2) is 48.5 Å². The van der Waals surface area contributed by atoms with Gasteiger partial charge in [0.05, 0.1) is 29.5 Å². The minimum Gasteiger partial charge on any atom is -0.491 e. The fourth-order valence-corrected chi connectivity index (χ4v) is 5.94. The number of amides is 1. The van der Waals surface area contributed by atoms with Crippen LogP contribution in [0.4, 0.5) is 0 Å². The van der Waals surface area contributed by atoms with E-state index in [0.29, 0.717) is 19.1 Å². The molecule has 2 aliphatic heterocycles. The molecule has 1 spiro atoms. The summed E-state index contributed by atoms with van der Waals surface area (Å²) in [4.78, 5) is 23.0. The Hall–Kier alpha value is -2.86. The number of hydrogen-bond donors (Lipinski definition) is 0. The van der Waals surface area contributed by atoms with Gasteiger partial charge < -0.3 is 14.2 Å². The molecule has 3 heterocycles. The number of aromatic nitrogens is 2. The quantitative estimate of drug-likeness (QED) is 0.542. The van der Waals surface area contributed by atoms with Gasteiger partial charge in [-0.1, -0.05) is 36.8 Å². The van der Waals surface area contributed by atoms with E-state index in [4.69, 9.17) is 9.72 Å². The number of para-hydroxylation sites is 3. The topological polar surface area (TPSA) is 50.6 Å². The molecule has 1 fully saturated rings. The lowest BCUT2D eigenvalue weighted by Crippen LogP contribution is -2.50. The van der Waals surface area contributed by atoms with E-state index in [-0.39, 0.29) is 5.41 Å². The van der Waals surface area contributed by atoms with Crippen LogP contribution in [-0.4, -0.2) is 58.5 Å². The van der Waals surface area contributed by atoms with Crippen LogP contribution in [0, 0.1) is 5.41 Å². The number of carbonyl (C=O) groups excluding carboxylic acids is 1. The van der Waals surface area contributed by atoms with E-state index in [0.717, 1.165) is 81.8 Å². The zero-order valence-electron chi connectivity index (χ0n) is 21.2. The lowest BCUT2D eigenvalue weighted by molar-refractivity contribution is -0.145. The summed E-state index contributed by atoms with van der Waals surface area (Å²) in [5, 5.41) is 0. The lowest BCUT2D eigenvalue weighted by Gasteiger charge is -2.42. The summed E-state index contributed by atoms with van der Waals surface area (Å²) in [5.41, 5.74) is 3.30. The van der Waals surface area contributed by atoms with Gasteiger partial charge in [0.1, 0.15) is 18.2 Å². The molecule has 0 N–H and O–H groups in total. The molecule has 0 bridgehead atoms. The molecule has 0 unspecified atom stereocenters. The smallest absolute Gasteiger partial charge is 0.228 e. The van der Waals surface area contributed by atoms with Gasteiger partial charge in [-0.25, -0.2) is 4.98 Å². The number of imidazole rings is 1. The first-order chi connectivity index (χ1) is 17.1. The van der Waals surface area contributed by atoms with Gasteiger partial charge in [0.25, 0.3) is 0 Å². The fourth-order valence-electron chi connectivity index (χ4n) is 5.94. The Morgan fingerprint density at radius 3 is 2.57 bits per heavy atom. The molecule has 6 heteroatoms. The average Bonchev–Trinajstić information content (AvgIpc) is 3.24. The van der Waals surface area contributed by atoms with Crippen LogP contribution in [0.5, 0.6) is 5.75 Å².